The van der Waals surface area contributed by atoms with E-state index in [1.807, 2.05) is 19.1 Å². The number of rotatable bonds is 2. The molecular formula is C14H12N2O2S. The molecular weight excluding hydrogens is 260 g/mol. The van der Waals surface area contributed by atoms with Gasteiger partial charge in [0.1, 0.15) is 12.3 Å². The minimum absolute atomic E-state index is 0.215. The molecule has 0 bridgehead atoms. The van der Waals surface area contributed by atoms with Crippen LogP contribution in [0.3, 0.4) is 0 Å². The Hall–Kier alpha value is -2.16. The first-order chi connectivity index (χ1) is 9.20. The van der Waals surface area contributed by atoms with Gasteiger partial charge in [-0.2, -0.15) is 0 Å². The molecule has 2 N–H and O–H groups in total. The molecule has 96 valence electrons. The summed E-state index contributed by atoms with van der Waals surface area (Å²) < 4.78 is 0. The first-order valence-electron chi connectivity index (χ1n) is 5.63. The zero-order chi connectivity index (χ0) is 13.7. The van der Waals surface area contributed by atoms with Crippen LogP contribution in [0.2, 0.25) is 0 Å². The lowest BCUT2D eigenvalue weighted by Gasteiger charge is -2.05. The molecule has 1 aromatic carbocycles. The summed E-state index contributed by atoms with van der Waals surface area (Å²) in [6.45, 7) is 1.63. The maximum atomic E-state index is 12.0. The van der Waals surface area contributed by atoms with Gasteiger partial charge in [-0.15, -0.1) is 11.3 Å². The summed E-state index contributed by atoms with van der Waals surface area (Å²) >= 11 is 1.43. The molecule has 1 amide bonds. The minimum Gasteiger partial charge on any atom is -0.384 e. The van der Waals surface area contributed by atoms with Crippen LogP contribution in [0.1, 0.15) is 21.1 Å². The fourth-order valence-corrected chi connectivity index (χ4v) is 2.08. The van der Waals surface area contributed by atoms with Crippen molar-refractivity contribution in [3.05, 3.63) is 45.9 Å². The third-order valence-corrected chi connectivity index (χ3v) is 3.10. The number of nitrogens with zero attached hydrogens (tertiary/aromatic N) is 1. The highest BCUT2D eigenvalue weighted by molar-refractivity contribution is 7.09. The number of aromatic nitrogens is 1. The van der Waals surface area contributed by atoms with Crippen LogP contribution in [-0.4, -0.2) is 22.6 Å². The molecule has 0 fully saturated rings. The number of amides is 1. The van der Waals surface area contributed by atoms with E-state index < -0.39 is 0 Å². The Kier molecular flexibility index (Phi) is 4.29. The van der Waals surface area contributed by atoms with Crippen molar-refractivity contribution < 1.29 is 9.90 Å². The summed E-state index contributed by atoms with van der Waals surface area (Å²) in [4.78, 5) is 16.1. The second-order valence-electron chi connectivity index (χ2n) is 3.71. The zero-order valence-electron chi connectivity index (χ0n) is 10.3. The molecule has 0 saturated carbocycles. The van der Waals surface area contributed by atoms with Gasteiger partial charge in [0.15, 0.2) is 0 Å². The van der Waals surface area contributed by atoms with E-state index in [0.29, 0.717) is 16.9 Å². The van der Waals surface area contributed by atoms with Crippen LogP contribution in [0.5, 0.6) is 0 Å². The van der Waals surface area contributed by atoms with Crippen LogP contribution in [-0.2, 0) is 0 Å². The van der Waals surface area contributed by atoms with E-state index in [4.69, 9.17) is 5.11 Å². The quantitative estimate of drug-likeness (QED) is 0.822. The predicted molar refractivity (Wildman–Crippen MR) is 75.2 cm³/mol. The van der Waals surface area contributed by atoms with Gasteiger partial charge < -0.3 is 10.4 Å². The van der Waals surface area contributed by atoms with Gasteiger partial charge in [-0.3, -0.25) is 4.79 Å². The summed E-state index contributed by atoms with van der Waals surface area (Å²) in [6, 6.07) is 7.18. The number of thiazole rings is 1. The van der Waals surface area contributed by atoms with Crippen LogP contribution in [0.15, 0.2) is 29.6 Å². The van der Waals surface area contributed by atoms with Crippen molar-refractivity contribution in [1.29, 1.82) is 0 Å². The number of carbonyl (C=O) groups is 1. The Morgan fingerprint density at radius 1 is 1.47 bits per heavy atom. The fraction of sp³-hybridized carbons (Fsp3) is 0.143. The van der Waals surface area contributed by atoms with Crippen molar-refractivity contribution in [3.63, 3.8) is 0 Å². The second-order valence-corrected chi connectivity index (χ2v) is 4.77. The topological polar surface area (TPSA) is 62.2 Å². The monoisotopic (exact) mass is 272 g/mol. The van der Waals surface area contributed by atoms with Gasteiger partial charge in [-0.05, 0) is 19.1 Å². The standard InChI is InChI=1S/C14H12N2O2S/c1-10-15-13(9-19-10)14(18)16-12-7-3-2-5-11(12)6-4-8-17/h2-3,5,7,9,17H,8H2,1H3,(H,16,18). The summed E-state index contributed by atoms with van der Waals surface area (Å²) in [5.74, 6) is 5.09. The molecule has 1 aromatic heterocycles. The molecule has 5 heteroatoms. The zero-order valence-corrected chi connectivity index (χ0v) is 11.1. The van der Waals surface area contributed by atoms with Crippen molar-refractivity contribution in [1.82, 2.24) is 4.98 Å². The Bertz CT molecular complexity index is 653. The molecule has 0 spiro atoms. The van der Waals surface area contributed by atoms with Crippen LogP contribution >= 0.6 is 11.3 Å². The number of aliphatic hydroxyl groups is 1. The molecule has 1 heterocycles. The number of nitrogens with one attached hydrogen (secondary N) is 1. The Labute approximate surface area is 115 Å². The van der Waals surface area contributed by atoms with Crippen molar-refractivity contribution in [2.75, 3.05) is 11.9 Å². The Balaban J connectivity index is 2.21. The number of carbonyl (C=O) groups excluding carboxylic acids is 1. The fourth-order valence-electron chi connectivity index (χ4n) is 1.49. The van der Waals surface area contributed by atoms with Gasteiger partial charge in [0.2, 0.25) is 0 Å². The van der Waals surface area contributed by atoms with E-state index >= 15 is 0 Å². The predicted octanol–water partition coefficient (Wildman–Crippen LogP) is 2.05. The van der Waals surface area contributed by atoms with E-state index in [0.717, 1.165) is 5.01 Å². The first kappa shape index (κ1) is 13.3. The minimum atomic E-state index is -0.261. The molecule has 4 nitrogen and oxygen atoms in total. The summed E-state index contributed by atoms with van der Waals surface area (Å²) in [5, 5.41) is 14.0. The van der Waals surface area contributed by atoms with E-state index in [1.54, 1.807) is 17.5 Å². The van der Waals surface area contributed by atoms with Crippen molar-refractivity contribution in [3.8, 4) is 11.8 Å². The lowest BCUT2D eigenvalue weighted by atomic mass is 10.2. The number of aliphatic hydroxyl groups excluding tert-OH is 1. The van der Waals surface area contributed by atoms with Crippen LogP contribution in [0, 0.1) is 18.8 Å². The lowest BCUT2D eigenvalue weighted by Crippen LogP contribution is -2.13. The molecule has 0 radical (unpaired) electrons. The highest BCUT2D eigenvalue weighted by Crippen LogP contribution is 2.16. The van der Waals surface area contributed by atoms with Crippen LogP contribution < -0.4 is 5.32 Å². The molecule has 0 unspecified atom stereocenters. The summed E-state index contributed by atoms with van der Waals surface area (Å²) in [7, 11) is 0. The van der Waals surface area contributed by atoms with Gasteiger partial charge >= 0.3 is 0 Å². The second kappa shape index (κ2) is 6.14. The molecule has 19 heavy (non-hydrogen) atoms. The van der Waals surface area contributed by atoms with Gasteiger partial charge in [0.05, 0.1) is 10.7 Å². The van der Waals surface area contributed by atoms with E-state index in [9.17, 15) is 4.79 Å². The number of benzene rings is 1. The molecule has 2 rings (SSSR count). The van der Waals surface area contributed by atoms with Crippen molar-refractivity contribution in [2.24, 2.45) is 0 Å². The third-order valence-electron chi connectivity index (χ3n) is 2.33. The number of aryl methyl sites for hydroxylation is 1. The molecule has 2 aromatic rings. The third kappa shape index (κ3) is 3.41. The largest absolute Gasteiger partial charge is 0.384 e. The first-order valence-corrected chi connectivity index (χ1v) is 6.51. The lowest BCUT2D eigenvalue weighted by molar-refractivity contribution is 0.102. The smallest absolute Gasteiger partial charge is 0.275 e. The number of hydrogen-bond donors (Lipinski definition) is 2. The van der Waals surface area contributed by atoms with Crippen molar-refractivity contribution >= 4 is 22.9 Å². The number of anilines is 1. The van der Waals surface area contributed by atoms with Gasteiger partial charge in [0, 0.05) is 10.9 Å². The highest BCUT2D eigenvalue weighted by atomic mass is 32.1. The van der Waals surface area contributed by atoms with Crippen molar-refractivity contribution in [2.45, 2.75) is 6.92 Å². The average molecular weight is 272 g/mol. The highest BCUT2D eigenvalue weighted by Gasteiger charge is 2.10. The number of para-hydroxylation sites is 1. The SMILES string of the molecule is Cc1nc(C(=O)Nc2ccccc2C#CCO)cs1. The van der Waals surface area contributed by atoms with Crippen LogP contribution in [0.4, 0.5) is 5.69 Å². The Morgan fingerprint density at radius 2 is 2.26 bits per heavy atom. The van der Waals surface area contributed by atoms with E-state index in [-0.39, 0.29) is 12.5 Å². The molecule has 0 aliphatic carbocycles. The summed E-state index contributed by atoms with van der Waals surface area (Å²) in [6.07, 6.45) is 0. The maximum absolute atomic E-state index is 12.0. The molecule has 0 aliphatic heterocycles. The van der Waals surface area contributed by atoms with Gasteiger partial charge in [-0.1, -0.05) is 24.0 Å². The van der Waals surface area contributed by atoms with E-state index in [1.165, 1.54) is 11.3 Å². The molecule has 0 saturated heterocycles. The number of hydrogen-bond acceptors (Lipinski definition) is 4. The molecule has 0 atom stereocenters. The van der Waals surface area contributed by atoms with E-state index in [2.05, 4.69) is 22.1 Å². The van der Waals surface area contributed by atoms with Crippen LogP contribution in [0.25, 0.3) is 0 Å². The summed E-state index contributed by atoms with van der Waals surface area (Å²) in [5.41, 5.74) is 1.67. The normalized spacial score (nSPS) is 9.58. The van der Waals surface area contributed by atoms with Gasteiger partial charge in [-0.25, -0.2) is 4.98 Å². The average Bonchev–Trinajstić information content (AvgIpc) is 2.84. The van der Waals surface area contributed by atoms with Gasteiger partial charge in [0.25, 0.3) is 5.91 Å². The Morgan fingerprint density at radius 3 is 2.95 bits per heavy atom. The maximum Gasteiger partial charge on any atom is 0.275 e. The molecule has 0 aliphatic rings.